The predicted molar refractivity (Wildman–Crippen MR) is 134 cm³/mol. The Balaban J connectivity index is 1.32. The Kier molecular flexibility index (Phi) is 6.28. The summed E-state index contributed by atoms with van der Waals surface area (Å²) in [7, 11) is 0. The van der Waals surface area contributed by atoms with Gasteiger partial charge in [0.05, 0.1) is 17.4 Å². The SMILES string of the molecule is Cc1ccc2c(=O)[nH]c(=O)n(Cc3cccc(C(=O)N4CCN(C(=O)C5CCCC5)CC4)c3)c2c1. The van der Waals surface area contributed by atoms with E-state index in [2.05, 4.69) is 4.98 Å². The van der Waals surface area contributed by atoms with Gasteiger partial charge in [0.25, 0.3) is 11.5 Å². The molecule has 0 bridgehead atoms. The molecule has 0 spiro atoms. The van der Waals surface area contributed by atoms with Gasteiger partial charge in [-0.15, -0.1) is 0 Å². The van der Waals surface area contributed by atoms with E-state index in [4.69, 9.17) is 0 Å². The number of piperazine rings is 1. The van der Waals surface area contributed by atoms with Crippen molar-refractivity contribution in [3.05, 3.63) is 80.0 Å². The fourth-order valence-corrected chi connectivity index (χ4v) is 5.28. The zero-order valence-electron chi connectivity index (χ0n) is 20.0. The van der Waals surface area contributed by atoms with Crippen molar-refractivity contribution in [1.29, 1.82) is 0 Å². The summed E-state index contributed by atoms with van der Waals surface area (Å²) in [6.45, 7) is 4.32. The first-order valence-electron chi connectivity index (χ1n) is 12.3. The normalized spacial score (nSPS) is 16.7. The second kappa shape index (κ2) is 9.52. The average molecular weight is 475 g/mol. The summed E-state index contributed by atoms with van der Waals surface area (Å²) in [4.78, 5) is 56.9. The minimum atomic E-state index is -0.479. The van der Waals surface area contributed by atoms with E-state index in [1.54, 1.807) is 23.1 Å². The van der Waals surface area contributed by atoms with Crippen LogP contribution in [0.25, 0.3) is 10.9 Å². The molecule has 35 heavy (non-hydrogen) atoms. The van der Waals surface area contributed by atoms with Gasteiger partial charge in [-0.25, -0.2) is 4.79 Å². The number of hydrogen-bond acceptors (Lipinski definition) is 4. The van der Waals surface area contributed by atoms with Crippen LogP contribution in [0.3, 0.4) is 0 Å². The lowest BCUT2D eigenvalue weighted by atomic mass is 10.1. The lowest BCUT2D eigenvalue weighted by Gasteiger charge is -2.36. The zero-order chi connectivity index (χ0) is 24.5. The van der Waals surface area contributed by atoms with E-state index in [-0.39, 0.29) is 24.3 Å². The Morgan fingerprint density at radius 2 is 1.66 bits per heavy atom. The highest BCUT2D eigenvalue weighted by Crippen LogP contribution is 2.27. The van der Waals surface area contributed by atoms with Crippen molar-refractivity contribution in [2.75, 3.05) is 26.2 Å². The van der Waals surface area contributed by atoms with Crippen LogP contribution in [0.4, 0.5) is 0 Å². The van der Waals surface area contributed by atoms with Gasteiger partial charge in [-0.1, -0.05) is 31.0 Å². The predicted octanol–water partition coefficient (Wildman–Crippen LogP) is 2.52. The molecule has 2 amide bonds. The molecule has 2 aromatic carbocycles. The van der Waals surface area contributed by atoms with Crippen molar-refractivity contribution in [2.45, 2.75) is 39.2 Å². The number of aromatic amines is 1. The van der Waals surface area contributed by atoms with E-state index >= 15 is 0 Å². The third-order valence-corrected chi connectivity index (χ3v) is 7.25. The Morgan fingerprint density at radius 1 is 0.943 bits per heavy atom. The van der Waals surface area contributed by atoms with Gasteiger partial charge in [0.1, 0.15) is 0 Å². The number of aryl methyl sites for hydroxylation is 1. The van der Waals surface area contributed by atoms with Crippen LogP contribution in [0.15, 0.2) is 52.1 Å². The van der Waals surface area contributed by atoms with Gasteiger partial charge in [-0.2, -0.15) is 0 Å². The van der Waals surface area contributed by atoms with Crippen LogP contribution in [0.5, 0.6) is 0 Å². The number of aromatic nitrogens is 2. The van der Waals surface area contributed by atoms with Gasteiger partial charge in [0.15, 0.2) is 0 Å². The number of benzene rings is 2. The number of amides is 2. The van der Waals surface area contributed by atoms with Crippen molar-refractivity contribution >= 4 is 22.7 Å². The van der Waals surface area contributed by atoms with Crippen LogP contribution >= 0.6 is 0 Å². The molecule has 2 aliphatic rings. The average Bonchev–Trinajstić information content (AvgIpc) is 3.41. The molecule has 5 rings (SSSR count). The molecule has 2 fully saturated rings. The topological polar surface area (TPSA) is 95.5 Å². The molecule has 1 saturated heterocycles. The molecule has 0 radical (unpaired) electrons. The van der Waals surface area contributed by atoms with Crippen molar-refractivity contribution in [2.24, 2.45) is 5.92 Å². The minimum absolute atomic E-state index is 0.0747. The largest absolute Gasteiger partial charge is 0.339 e. The van der Waals surface area contributed by atoms with Gasteiger partial charge in [-0.3, -0.25) is 23.9 Å². The van der Waals surface area contributed by atoms with Crippen molar-refractivity contribution in [1.82, 2.24) is 19.4 Å². The molecule has 0 atom stereocenters. The van der Waals surface area contributed by atoms with Crippen LogP contribution in [0.2, 0.25) is 0 Å². The highest BCUT2D eigenvalue weighted by molar-refractivity contribution is 5.94. The monoisotopic (exact) mass is 474 g/mol. The molecule has 1 N–H and O–H groups in total. The quantitative estimate of drug-likeness (QED) is 0.629. The second-order valence-corrected chi connectivity index (χ2v) is 9.67. The van der Waals surface area contributed by atoms with Crippen LogP contribution in [0, 0.1) is 12.8 Å². The van der Waals surface area contributed by atoms with E-state index in [1.165, 1.54) is 4.57 Å². The van der Waals surface area contributed by atoms with Crippen molar-refractivity contribution in [3.8, 4) is 0 Å². The molecular formula is C27H30N4O4. The molecule has 1 aliphatic carbocycles. The number of nitrogens with one attached hydrogen (secondary N) is 1. The highest BCUT2D eigenvalue weighted by Gasteiger charge is 2.30. The second-order valence-electron chi connectivity index (χ2n) is 9.67. The molecule has 3 aromatic rings. The molecule has 0 unspecified atom stereocenters. The number of carbonyl (C=O) groups excluding carboxylic acids is 2. The van der Waals surface area contributed by atoms with E-state index < -0.39 is 11.2 Å². The van der Waals surface area contributed by atoms with Crippen LogP contribution in [0.1, 0.15) is 47.2 Å². The van der Waals surface area contributed by atoms with Gasteiger partial charge >= 0.3 is 5.69 Å². The first-order chi connectivity index (χ1) is 16.9. The number of rotatable bonds is 4. The fourth-order valence-electron chi connectivity index (χ4n) is 5.28. The molecule has 182 valence electrons. The standard InChI is InChI=1S/C27H30N4O4/c1-18-9-10-22-23(15-18)31(27(35)28-24(22)32)17-19-5-4-8-21(16-19)26(34)30-13-11-29(12-14-30)25(33)20-6-2-3-7-20/h4-5,8-10,15-16,20H,2-3,6-7,11-14,17H2,1H3,(H,28,32,35). The maximum absolute atomic E-state index is 13.2. The minimum Gasteiger partial charge on any atom is -0.339 e. The molecule has 8 nitrogen and oxygen atoms in total. The maximum Gasteiger partial charge on any atom is 0.329 e. The fraction of sp³-hybridized carbons (Fsp3) is 0.407. The summed E-state index contributed by atoms with van der Waals surface area (Å²) in [5, 5.41) is 0.451. The molecule has 8 heteroatoms. The van der Waals surface area contributed by atoms with Crippen LogP contribution < -0.4 is 11.2 Å². The summed E-state index contributed by atoms with van der Waals surface area (Å²) < 4.78 is 1.53. The van der Waals surface area contributed by atoms with Gasteiger partial charge < -0.3 is 9.80 Å². The summed E-state index contributed by atoms with van der Waals surface area (Å²) in [6, 6.07) is 12.6. The number of nitrogens with zero attached hydrogens (tertiary/aromatic N) is 3. The maximum atomic E-state index is 13.2. The molecule has 1 saturated carbocycles. The smallest absolute Gasteiger partial charge is 0.329 e. The van der Waals surface area contributed by atoms with Gasteiger partial charge in [0.2, 0.25) is 5.91 Å². The van der Waals surface area contributed by atoms with Crippen molar-refractivity contribution < 1.29 is 9.59 Å². The molecule has 1 aliphatic heterocycles. The summed E-state index contributed by atoms with van der Waals surface area (Å²) in [5.41, 5.74) is 1.98. The molecular weight excluding hydrogens is 444 g/mol. The number of H-pyrrole nitrogens is 1. The van der Waals surface area contributed by atoms with E-state index in [0.717, 1.165) is 36.8 Å². The molecule has 1 aromatic heterocycles. The first-order valence-corrected chi connectivity index (χ1v) is 12.3. The Labute approximate surface area is 203 Å². The van der Waals surface area contributed by atoms with E-state index in [1.807, 2.05) is 36.1 Å². The van der Waals surface area contributed by atoms with Crippen LogP contribution in [-0.4, -0.2) is 57.3 Å². The number of carbonyl (C=O) groups is 2. The van der Waals surface area contributed by atoms with Crippen molar-refractivity contribution in [3.63, 3.8) is 0 Å². The molecule has 2 heterocycles. The summed E-state index contributed by atoms with van der Waals surface area (Å²) in [6.07, 6.45) is 4.23. The zero-order valence-corrected chi connectivity index (χ0v) is 20.0. The first kappa shape index (κ1) is 23.1. The third-order valence-electron chi connectivity index (χ3n) is 7.25. The number of fused-ring (bicyclic) bond motifs is 1. The van der Waals surface area contributed by atoms with E-state index in [9.17, 15) is 19.2 Å². The van der Waals surface area contributed by atoms with Gasteiger partial charge in [0, 0.05) is 37.7 Å². The summed E-state index contributed by atoms with van der Waals surface area (Å²) >= 11 is 0. The highest BCUT2D eigenvalue weighted by atomic mass is 16.2. The lowest BCUT2D eigenvalue weighted by Crippen LogP contribution is -2.51. The van der Waals surface area contributed by atoms with E-state index in [0.29, 0.717) is 42.6 Å². The lowest BCUT2D eigenvalue weighted by molar-refractivity contribution is -0.136. The third kappa shape index (κ3) is 4.65. The Bertz CT molecular complexity index is 1390. The Morgan fingerprint density at radius 3 is 2.40 bits per heavy atom. The Hall–Kier alpha value is -3.68. The van der Waals surface area contributed by atoms with Crippen LogP contribution in [-0.2, 0) is 11.3 Å². The summed E-state index contributed by atoms with van der Waals surface area (Å²) in [5.74, 6) is 0.324. The number of hydrogen-bond donors (Lipinski definition) is 1. The van der Waals surface area contributed by atoms with Gasteiger partial charge in [-0.05, 0) is 55.2 Å².